The summed E-state index contributed by atoms with van der Waals surface area (Å²) in [5.41, 5.74) is 6.14. The maximum atomic E-state index is 12.6. The number of hydrogen-bond donors (Lipinski definition) is 1. The first-order valence-electron chi connectivity index (χ1n) is 4.78. The molecule has 0 fully saturated rings. The molecule has 2 N–H and O–H groups in total. The van der Waals surface area contributed by atoms with Gasteiger partial charge in [-0.05, 0) is 12.1 Å². The van der Waals surface area contributed by atoms with E-state index in [0.717, 1.165) is 12.4 Å². The maximum Gasteiger partial charge on any atom is 0.322 e. The Bertz CT molecular complexity index is 517. The van der Waals surface area contributed by atoms with Crippen molar-refractivity contribution < 1.29 is 13.9 Å². The standard InChI is InChI=1S/C11H10FN3O2/c1-16-10-3-2-8(4-9(10)13)17-11-14-5-7(12)6-15-11/h2-6H,13H2,1H3. The van der Waals surface area contributed by atoms with Crippen LogP contribution in [0.5, 0.6) is 17.5 Å². The first-order valence-corrected chi connectivity index (χ1v) is 4.78. The summed E-state index contributed by atoms with van der Waals surface area (Å²) in [6.07, 6.45) is 2.05. The van der Waals surface area contributed by atoms with E-state index in [0.29, 0.717) is 17.2 Å². The fourth-order valence-corrected chi connectivity index (χ4v) is 1.23. The Morgan fingerprint density at radius 3 is 2.53 bits per heavy atom. The molecule has 0 saturated heterocycles. The number of nitrogens with two attached hydrogens (primary N) is 1. The normalized spacial score (nSPS) is 10.0. The van der Waals surface area contributed by atoms with Crippen molar-refractivity contribution in [3.63, 3.8) is 0 Å². The van der Waals surface area contributed by atoms with E-state index in [1.54, 1.807) is 18.2 Å². The van der Waals surface area contributed by atoms with Crippen LogP contribution >= 0.6 is 0 Å². The summed E-state index contributed by atoms with van der Waals surface area (Å²) in [5, 5.41) is 0. The Kier molecular flexibility index (Phi) is 3.04. The lowest BCUT2D eigenvalue weighted by molar-refractivity contribution is 0.412. The van der Waals surface area contributed by atoms with E-state index < -0.39 is 5.82 Å². The first kappa shape index (κ1) is 11.1. The Balaban J connectivity index is 2.19. The summed E-state index contributed by atoms with van der Waals surface area (Å²) in [7, 11) is 1.52. The van der Waals surface area contributed by atoms with E-state index in [-0.39, 0.29) is 6.01 Å². The molecule has 1 heterocycles. The third kappa shape index (κ3) is 2.60. The second kappa shape index (κ2) is 4.65. The van der Waals surface area contributed by atoms with E-state index in [1.165, 1.54) is 7.11 Å². The fraction of sp³-hybridized carbons (Fsp3) is 0.0909. The highest BCUT2D eigenvalue weighted by atomic mass is 19.1. The number of nitrogens with zero attached hydrogens (tertiary/aromatic N) is 2. The molecular formula is C11H10FN3O2. The van der Waals surface area contributed by atoms with Gasteiger partial charge in [0.2, 0.25) is 0 Å². The zero-order chi connectivity index (χ0) is 12.3. The van der Waals surface area contributed by atoms with Crippen LogP contribution in [0.15, 0.2) is 30.6 Å². The second-order valence-electron chi connectivity index (χ2n) is 3.19. The molecule has 0 atom stereocenters. The third-order valence-corrected chi connectivity index (χ3v) is 2.01. The molecule has 0 radical (unpaired) electrons. The Morgan fingerprint density at radius 2 is 1.94 bits per heavy atom. The molecule has 0 amide bonds. The molecule has 88 valence electrons. The smallest absolute Gasteiger partial charge is 0.322 e. The van der Waals surface area contributed by atoms with Gasteiger partial charge in [-0.3, -0.25) is 0 Å². The van der Waals surface area contributed by atoms with E-state index in [2.05, 4.69) is 9.97 Å². The van der Waals surface area contributed by atoms with Crippen molar-refractivity contribution in [2.75, 3.05) is 12.8 Å². The van der Waals surface area contributed by atoms with Crippen LogP contribution in [-0.4, -0.2) is 17.1 Å². The van der Waals surface area contributed by atoms with Gasteiger partial charge in [0.25, 0.3) is 0 Å². The van der Waals surface area contributed by atoms with Gasteiger partial charge in [-0.1, -0.05) is 0 Å². The second-order valence-corrected chi connectivity index (χ2v) is 3.19. The monoisotopic (exact) mass is 235 g/mol. The summed E-state index contributed by atoms with van der Waals surface area (Å²) >= 11 is 0. The minimum absolute atomic E-state index is 0.0518. The van der Waals surface area contributed by atoms with Crippen molar-refractivity contribution in [2.45, 2.75) is 0 Å². The van der Waals surface area contributed by atoms with Crippen molar-refractivity contribution in [2.24, 2.45) is 0 Å². The number of methoxy groups -OCH3 is 1. The number of benzene rings is 1. The van der Waals surface area contributed by atoms with E-state index in [4.69, 9.17) is 15.2 Å². The Morgan fingerprint density at radius 1 is 1.24 bits per heavy atom. The lowest BCUT2D eigenvalue weighted by Gasteiger charge is -2.07. The highest BCUT2D eigenvalue weighted by Crippen LogP contribution is 2.27. The van der Waals surface area contributed by atoms with Gasteiger partial charge in [0.15, 0.2) is 5.82 Å². The van der Waals surface area contributed by atoms with Crippen LogP contribution in [-0.2, 0) is 0 Å². The largest absolute Gasteiger partial charge is 0.495 e. The summed E-state index contributed by atoms with van der Waals surface area (Å²) in [4.78, 5) is 7.33. The van der Waals surface area contributed by atoms with Gasteiger partial charge in [0, 0.05) is 6.07 Å². The highest BCUT2D eigenvalue weighted by Gasteiger charge is 2.04. The van der Waals surface area contributed by atoms with Gasteiger partial charge in [-0.15, -0.1) is 0 Å². The van der Waals surface area contributed by atoms with Gasteiger partial charge in [0.1, 0.15) is 11.5 Å². The van der Waals surface area contributed by atoms with E-state index >= 15 is 0 Å². The number of aromatic nitrogens is 2. The summed E-state index contributed by atoms with van der Waals surface area (Å²) in [6.45, 7) is 0. The SMILES string of the molecule is COc1ccc(Oc2ncc(F)cn2)cc1N. The predicted octanol–water partition coefficient (Wildman–Crippen LogP) is 2.00. The number of anilines is 1. The minimum atomic E-state index is -0.522. The molecule has 0 unspecified atom stereocenters. The summed E-state index contributed by atoms with van der Waals surface area (Å²) in [5.74, 6) is 0.485. The molecule has 5 nitrogen and oxygen atoms in total. The van der Waals surface area contributed by atoms with Crippen molar-refractivity contribution in [1.29, 1.82) is 0 Å². The lowest BCUT2D eigenvalue weighted by Crippen LogP contribution is -1.95. The first-order chi connectivity index (χ1) is 8.19. The van der Waals surface area contributed by atoms with Gasteiger partial charge < -0.3 is 15.2 Å². The van der Waals surface area contributed by atoms with E-state index in [1.807, 2.05) is 0 Å². The molecule has 0 saturated carbocycles. The molecule has 6 heteroatoms. The molecular weight excluding hydrogens is 225 g/mol. The molecule has 0 aliphatic rings. The average Bonchev–Trinajstić information content (AvgIpc) is 2.32. The van der Waals surface area contributed by atoms with Crippen LogP contribution in [0, 0.1) is 5.82 Å². The minimum Gasteiger partial charge on any atom is -0.495 e. The van der Waals surface area contributed by atoms with Crippen molar-refractivity contribution in [3.05, 3.63) is 36.4 Å². The van der Waals surface area contributed by atoms with Crippen LogP contribution in [0.1, 0.15) is 0 Å². The van der Waals surface area contributed by atoms with E-state index in [9.17, 15) is 4.39 Å². The Hall–Kier alpha value is -2.37. The van der Waals surface area contributed by atoms with Crippen molar-refractivity contribution in [1.82, 2.24) is 9.97 Å². The molecule has 0 bridgehead atoms. The molecule has 2 aromatic rings. The molecule has 1 aromatic heterocycles. The average molecular weight is 235 g/mol. The molecule has 0 spiro atoms. The molecule has 0 aliphatic carbocycles. The quantitative estimate of drug-likeness (QED) is 0.824. The van der Waals surface area contributed by atoms with Crippen LogP contribution in [0.3, 0.4) is 0 Å². The molecule has 17 heavy (non-hydrogen) atoms. The van der Waals surface area contributed by atoms with Crippen molar-refractivity contribution in [3.8, 4) is 17.5 Å². The fourth-order valence-electron chi connectivity index (χ4n) is 1.23. The maximum absolute atomic E-state index is 12.6. The zero-order valence-corrected chi connectivity index (χ0v) is 9.05. The number of rotatable bonds is 3. The number of halogens is 1. The topological polar surface area (TPSA) is 70.3 Å². The van der Waals surface area contributed by atoms with Gasteiger partial charge in [-0.2, -0.15) is 0 Å². The van der Waals surface area contributed by atoms with Crippen LogP contribution in [0.4, 0.5) is 10.1 Å². The van der Waals surface area contributed by atoms with Crippen LogP contribution < -0.4 is 15.2 Å². The van der Waals surface area contributed by atoms with Gasteiger partial charge in [0.05, 0.1) is 25.2 Å². The van der Waals surface area contributed by atoms with Gasteiger partial charge >= 0.3 is 6.01 Å². The molecule has 0 aliphatic heterocycles. The number of nitrogen functional groups attached to an aromatic ring is 1. The number of hydrogen-bond acceptors (Lipinski definition) is 5. The Labute approximate surface area is 97.0 Å². The van der Waals surface area contributed by atoms with Crippen LogP contribution in [0.25, 0.3) is 0 Å². The van der Waals surface area contributed by atoms with Crippen molar-refractivity contribution >= 4 is 5.69 Å². The molecule has 1 aromatic carbocycles. The highest BCUT2D eigenvalue weighted by molar-refractivity contribution is 5.56. The summed E-state index contributed by atoms with van der Waals surface area (Å²) < 4.78 is 22.9. The summed E-state index contributed by atoms with van der Waals surface area (Å²) in [6, 6.07) is 4.94. The van der Waals surface area contributed by atoms with Gasteiger partial charge in [-0.25, -0.2) is 14.4 Å². The lowest BCUT2D eigenvalue weighted by atomic mass is 10.3. The predicted molar refractivity (Wildman–Crippen MR) is 59.5 cm³/mol. The number of ether oxygens (including phenoxy) is 2. The third-order valence-electron chi connectivity index (χ3n) is 2.01. The zero-order valence-electron chi connectivity index (χ0n) is 9.05. The molecule has 2 rings (SSSR count). The van der Waals surface area contributed by atoms with Crippen LogP contribution in [0.2, 0.25) is 0 Å².